The van der Waals surface area contributed by atoms with Gasteiger partial charge < -0.3 is 15.7 Å². The van der Waals surface area contributed by atoms with Gasteiger partial charge in [-0.1, -0.05) is 49.4 Å². The summed E-state index contributed by atoms with van der Waals surface area (Å²) in [5, 5.41) is 11.3. The number of anilines is 1. The van der Waals surface area contributed by atoms with E-state index < -0.39 is 17.3 Å². The number of carbonyl (C=O) groups is 1. The summed E-state index contributed by atoms with van der Waals surface area (Å²) in [5.41, 5.74) is 5.45. The largest absolute Gasteiger partial charge is 0.416 e. The lowest BCUT2D eigenvalue weighted by atomic mass is 9.84. The van der Waals surface area contributed by atoms with Crippen LogP contribution in [0.2, 0.25) is 0 Å². The summed E-state index contributed by atoms with van der Waals surface area (Å²) in [4.78, 5) is 23.3. The summed E-state index contributed by atoms with van der Waals surface area (Å²) in [6.45, 7) is 4.68. The second-order valence-corrected chi connectivity index (χ2v) is 10.1. The Hall–Kier alpha value is -3.92. The van der Waals surface area contributed by atoms with E-state index in [1.54, 1.807) is 36.7 Å². The number of halogens is 3. The number of amides is 1. The number of rotatable bonds is 7. The number of aliphatic hydroxyl groups is 1. The Labute approximate surface area is 224 Å². The summed E-state index contributed by atoms with van der Waals surface area (Å²) >= 11 is 0. The number of alkyl halides is 3. The van der Waals surface area contributed by atoms with Crippen molar-refractivity contribution in [3.63, 3.8) is 0 Å². The van der Waals surface area contributed by atoms with Crippen molar-refractivity contribution in [3.8, 4) is 11.3 Å². The van der Waals surface area contributed by atoms with E-state index >= 15 is 0 Å². The molecule has 2 atom stereocenters. The van der Waals surface area contributed by atoms with E-state index in [-0.39, 0.29) is 23.2 Å². The molecule has 2 aromatic carbocycles. The van der Waals surface area contributed by atoms with Crippen molar-refractivity contribution >= 4 is 17.2 Å². The molecule has 0 bridgehead atoms. The first kappa shape index (κ1) is 26.7. The fraction of sp³-hybridized carbons (Fsp3) is 0.345. The van der Waals surface area contributed by atoms with E-state index in [1.807, 2.05) is 16.2 Å². The molecule has 5 rings (SSSR count). The third-order valence-electron chi connectivity index (χ3n) is 7.56. The molecule has 1 amide bonds. The Morgan fingerprint density at radius 1 is 1.10 bits per heavy atom. The van der Waals surface area contributed by atoms with Gasteiger partial charge >= 0.3 is 6.18 Å². The standard InChI is InChI=1S/C29H30F3N5O2/c1-3-18(17-36-15-6-9-23(36)38)27-35-24(25-26(33)34-14-16-37(25)27)19-10-12-20(13-11-19)28(2,39)21-7-4-5-8-22(21)29(30,31)32/h4-5,7-8,10-14,16,18,39H,3,6,9,15,17H2,1-2H3,(H2,33,34)/t18-,28?/m1/s1. The first-order valence-electron chi connectivity index (χ1n) is 12.9. The number of carbonyl (C=O) groups excluding carboxylic acids is 1. The highest BCUT2D eigenvalue weighted by molar-refractivity contribution is 5.85. The number of benzene rings is 2. The lowest BCUT2D eigenvalue weighted by Gasteiger charge is -2.28. The lowest BCUT2D eigenvalue weighted by Crippen LogP contribution is -2.30. The van der Waals surface area contributed by atoms with Crippen LogP contribution in [0.3, 0.4) is 0 Å². The zero-order valence-electron chi connectivity index (χ0n) is 21.7. The molecule has 1 aliphatic rings. The lowest BCUT2D eigenvalue weighted by molar-refractivity contribution is -0.140. The molecule has 2 aromatic heterocycles. The number of hydrogen-bond acceptors (Lipinski definition) is 5. The number of hydrogen-bond donors (Lipinski definition) is 2. The van der Waals surface area contributed by atoms with Gasteiger partial charge in [0.05, 0.1) is 5.56 Å². The normalized spacial score (nSPS) is 16.6. The molecular formula is C29H30F3N5O2. The highest BCUT2D eigenvalue weighted by atomic mass is 19.4. The predicted octanol–water partition coefficient (Wildman–Crippen LogP) is 5.37. The maximum absolute atomic E-state index is 13.7. The smallest absolute Gasteiger partial charge is 0.382 e. The van der Waals surface area contributed by atoms with Crippen LogP contribution in [0.4, 0.5) is 19.0 Å². The molecule has 1 fully saturated rings. The minimum Gasteiger partial charge on any atom is -0.382 e. The maximum atomic E-state index is 13.7. The van der Waals surface area contributed by atoms with Crippen LogP contribution in [-0.4, -0.2) is 43.4 Å². The van der Waals surface area contributed by atoms with Gasteiger partial charge in [-0.3, -0.25) is 9.20 Å². The molecule has 1 aliphatic heterocycles. The molecule has 0 radical (unpaired) electrons. The summed E-state index contributed by atoms with van der Waals surface area (Å²) in [6.07, 6.45) is 0.952. The Bertz CT molecular complexity index is 1510. The molecule has 3 heterocycles. The first-order valence-corrected chi connectivity index (χ1v) is 12.9. The van der Waals surface area contributed by atoms with E-state index in [0.717, 1.165) is 31.3 Å². The second-order valence-electron chi connectivity index (χ2n) is 10.1. The van der Waals surface area contributed by atoms with Gasteiger partial charge in [0, 0.05) is 43.4 Å². The van der Waals surface area contributed by atoms with Crippen molar-refractivity contribution in [2.75, 3.05) is 18.8 Å². The Balaban J connectivity index is 1.54. The van der Waals surface area contributed by atoms with Gasteiger partial charge in [0.2, 0.25) is 5.91 Å². The van der Waals surface area contributed by atoms with E-state index in [4.69, 9.17) is 10.7 Å². The van der Waals surface area contributed by atoms with Crippen molar-refractivity contribution < 1.29 is 23.1 Å². The van der Waals surface area contributed by atoms with Gasteiger partial charge in [0.1, 0.15) is 28.5 Å². The molecule has 7 nitrogen and oxygen atoms in total. The molecular weight excluding hydrogens is 507 g/mol. The second kappa shape index (κ2) is 10.00. The number of nitrogen functional groups attached to an aromatic ring is 1. The Morgan fingerprint density at radius 2 is 1.79 bits per heavy atom. The molecule has 1 saturated heterocycles. The molecule has 0 spiro atoms. The highest BCUT2D eigenvalue weighted by Crippen LogP contribution is 2.40. The van der Waals surface area contributed by atoms with Crippen LogP contribution in [0.25, 0.3) is 16.8 Å². The molecule has 0 saturated carbocycles. The average Bonchev–Trinajstić information content (AvgIpc) is 3.51. The van der Waals surface area contributed by atoms with Crippen molar-refractivity contribution in [3.05, 3.63) is 83.4 Å². The maximum Gasteiger partial charge on any atom is 0.416 e. The predicted molar refractivity (Wildman–Crippen MR) is 142 cm³/mol. The quantitative estimate of drug-likeness (QED) is 0.331. The molecule has 3 N–H and O–H groups in total. The van der Waals surface area contributed by atoms with Crippen LogP contribution >= 0.6 is 0 Å². The molecule has 4 aromatic rings. The van der Waals surface area contributed by atoms with Crippen molar-refractivity contribution in [2.24, 2.45) is 0 Å². The van der Waals surface area contributed by atoms with Crippen LogP contribution in [0.1, 0.15) is 61.5 Å². The summed E-state index contributed by atoms with van der Waals surface area (Å²) in [6, 6.07) is 11.6. The summed E-state index contributed by atoms with van der Waals surface area (Å²) < 4.78 is 42.9. The summed E-state index contributed by atoms with van der Waals surface area (Å²) in [7, 11) is 0. The number of nitrogens with zero attached hydrogens (tertiary/aromatic N) is 4. The Kier molecular flexibility index (Phi) is 6.84. The minimum absolute atomic E-state index is 0.0334. The zero-order valence-corrected chi connectivity index (χ0v) is 21.7. The number of likely N-dealkylation sites (tertiary alicyclic amines) is 1. The first-order chi connectivity index (χ1) is 18.5. The summed E-state index contributed by atoms with van der Waals surface area (Å²) in [5.74, 6) is 1.15. The number of nitrogens with two attached hydrogens (primary N) is 1. The molecule has 10 heteroatoms. The fourth-order valence-corrected chi connectivity index (χ4v) is 5.40. The molecule has 1 unspecified atom stereocenters. The van der Waals surface area contributed by atoms with E-state index in [0.29, 0.717) is 35.3 Å². The molecule has 39 heavy (non-hydrogen) atoms. The number of aromatic nitrogens is 3. The van der Waals surface area contributed by atoms with Gasteiger partial charge in [0.25, 0.3) is 0 Å². The monoisotopic (exact) mass is 537 g/mol. The topological polar surface area (TPSA) is 96.8 Å². The van der Waals surface area contributed by atoms with Crippen LogP contribution in [0, 0.1) is 0 Å². The molecule has 0 aliphatic carbocycles. The van der Waals surface area contributed by atoms with Gasteiger partial charge in [-0.15, -0.1) is 0 Å². The van der Waals surface area contributed by atoms with Crippen molar-refractivity contribution in [1.82, 2.24) is 19.3 Å². The van der Waals surface area contributed by atoms with Gasteiger partial charge in [-0.2, -0.15) is 13.2 Å². The third kappa shape index (κ3) is 4.85. The van der Waals surface area contributed by atoms with Crippen molar-refractivity contribution in [2.45, 2.75) is 50.8 Å². The van der Waals surface area contributed by atoms with Crippen LogP contribution in [0.15, 0.2) is 60.9 Å². The van der Waals surface area contributed by atoms with Gasteiger partial charge in [-0.25, -0.2) is 9.97 Å². The third-order valence-corrected chi connectivity index (χ3v) is 7.56. The minimum atomic E-state index is -4.60. The van der Waals surface area contributed by atoms with Gasteiger partial charge in [-0.05, 0) is 37.0 Å². The van der Waals surface area contributed by atoms with E-state index in [1.165, 1.54) is 25.1 Å². The van der Waals surface area contributed by atoms with Crippen LogP contribution < -0.4 is 5.73 Å². The van der Waals surface area contributed by atoms with Gasteiger partial charge in [0.15, 0.2) is 0 Å². The highest BCUT2D eigenvalue weighted by Gasteiger charge is 2.39. The van der Waals surface area contributed by atoms with E-state index in [2.05, 4.69) is 4.98 Å². The number of imidazole rings is 1. The average molecular weight is 538 g/mol. The SMILES string of the molecule is CC[C@H](CN1CCCC1=O)c1nc(-c2ccc(C(C)(O)c3ccccc3C(F)(F)F)cc2)c2c(N)nccn12. The van der Waals surface area contributed by atoms with Crippen molar-refractivity contribution in [1.29, 1.82) is 0 Å². The van der Waals surface area contributed by atoms with Crippen LogP contribution in [0.5, 0.6) is 0 Å². The fourth-order valence-electron chi connectivity index (χ4n) is 5.40. The zero-order chi connectivity index (χ0) is 27.9. The van der Waals surface area contributed by atoms with E-state index in [9.17, 15) is 23.1 Å². The van der Waals surface area contributed by atoms with Crippen LogP contribution in [-0.2, 0) is 16.6 Å². The molecule has 204 valence electrons. The number of fused-ring (bicyclic) bond motifs is 1. The Morgan fingerprint density at radius 3 is 2.41 bits per heavy atom.